The second-order valence-corrected chi connectivity index (χ2v) is 7.72. The minimum absolute atomic E-state index is 0. The third-order valence-electron chi connectivity index (χ3n) is 5.05. The molecule has 0 aliphatic carbocycles. The molecule has 2 aromatic rings. The van der Waals surface area contributed by atoms with E-state index < -0.39 is 0 Å². The maximum atomic E-state index is 6.03. The number of nitrogens with one attached hydrogen (secondary N) is 2. The van der Waals surface area contributed by atoms with E-state index in [0.717, 1.165) is 42.6 Å². The molecule has 0 spiro atoms. The van der Waals surface area contributed by atoms with Gasteiger partial charge in [-0.25, -0.2) is 0 Å². The number of halogens is 2. The van der Waals surface area contributed by atoms with E-state index in [1.807, 2.05) is 24.3 Å². The fourth-order valence-corrected chi connectivity index (χ4v) is 3.43. The van der Waals surface area contributed by atoms with E-state index in [1.54, 1.807) is 7.05 Å². The van der Waals surface area contributed by atoms with Crippen LogP contribution in [0.4, 0.5) is 0 Å². The maximum absolute atomic E-state index is 6.03. The highest BCUT2D eigenvalue weighted by Gasteiger charge is 2.14. The van der Waals surface area contributed by atoms with Gasteiger partial charge in [0, 0.05) is 31.8 Å². The molecule has 0 saturated carbocycles. The second kappa shape index (κ2) is 13.1. The first kappa shape index (κ1) is 24.9. The Balaban J connectivity index is 0.00000320. The van der Waals surface area contributed by atoms with Gasteiger partial charge in [-0.3, -0.25) is 4.99 Å². The fourth-order valence-electron chi connectivity index (χ4n) is 3.31. The van der Waals surface area contributed by atoms with E-state index in [2.05, 4.69) is 46.8 Å². The predicted molar refractivity (Wildman–Crippen MR) is 134 cm³/mol. The molecule has 2 aromatic carbocycles. The number of hydrogen-bond acceptors (Lipinski definition) is 3. The van der Waals surface area contributed by atoms with Crippen molar-refractivity contribution in [3.8, 4) is 0 Å². The van der Waals surface area contributed by atoms with Crippen molar-refractivity contribution in [2.75, 3.05) is 20.3 Å². The second-order valence-electron chi connectivity index (χ2n) is 7.29. The molecule has 1 aliphatic heterocycles. The summed E-state index contributed by atoms with van der Waals surface area (Å²) in [6.45, 7) is 5.03. The van der Waals surface area contributed by atoms with Crippen molar-refractivity contribution in [3.05, 3.63) is 70.2 Å². The molecule has 1 fully saturated rings. The highest BCUT2D eigenvalue weighted by atomic mass is 127. The summed E-state index contributed by atoms with van der Waals surface area (Å²) in [5.74, 6) is 0.760. The first-order chi connectivity index (χ1) is 14.1. The molecule has 2 N–H and O–H groups in total. The summed E-state index contributed by atoms with van der Waals surface area (Å²) >= 11 is 5.98. The van der Waals surface area contributed by atoms with Crippen LogP contribution in [0.2, 0.25) is 5.02 Å². The van der Waals surface area contributed by atoms with E-state index >= 15 is 0 Å². The number of aliphatic imine (C=N–C) groups is 1. The van der Waals surface area contributed by atoms with Crippen LogP contribution in [0.25, 0.3) is 0 Å². The molecular weight excluding hydrogens is 513 g/mol. The van der Waals surface area contributed by atoms with Gasteiger partial charge in [-0.05, 0) is 48.6 Å². The van der Waals surface area contributed by atoms with Gasteiger partial charge in [0.15, 0.2) is 5.96 Å². The lowest BCUT2D eigenvalue weighted by atomic mass is 10.1. The molecule has 0 radical (unpaired) electrons. The number of nitrogens with zero attached hydrogens (tertiary/aromatic N) is 1. The van der Waals surface area contributed by atoms with Crippen LogP contribution in [-0.2, 0) is 22.6 Å². The van der Waals surface area contributed by atoms with Crippen molar-refractivity contribution in [2.24, 2.45) is 4.99 Å². The predicted octanol–water partition coefficient (Wildman–Crippen LogP) is 5.08. The molecule has 30 heavy (non-hydrogen) atoms. The van der Waals surface area contributed by atoms with E-state index in [1.165, 1.54) is 11.1 Å². The molecule has 7 heteroatoms. The van der Waals surface area contributed by atoms with Crippen LogP contribution in [-0.4, -0.2) is 32.3 Å². The van der Waals surface area contributed by atoms with Gasteiger partial charge < -0.3 is 20.1 Å². The minimum atomic E-state index is 0. The van der Waals surface area contributed by atoms with Gasteiger partial charge >= 0.3 is 0 Å². The van der Waals surface area contributed by atoms with Crippen LogP contribution in [0, 0.1) is 0 Å². The number of guanidine groups is 1. The zero-order chi connectivity index (χ0) is 20.5. The monoisotopic (exact) mass is 543 g/mol. The lowest BCUT2D eigenvalue weighted by Gasteiger charge is -2.22. The Morgan fingerprint density at radius 2 is 1.87 bits per heavy atom. The van der Waals surface area contributed by atoms with Gasteiger partial charge in [0.1, 0.15) is 0 Å². The third kappa shape index (κ3) is 8.06. The van der Waals surface area contributed by atoms with Crippen LogP contribution in [0.1, 0.15) is 42.5 Å². The number of ether oxygens (including phenoxy) is 2. The molecule has 1 atom stereocenters. The van der Waals surface area contributed by atoms with E-state index in [9.17, 15) is 0 Å². The van der Waals surface area contributed by atoms with E-state index in [4.69, 9.17) is 21.1 Å². The Bertz CT molecular complexity index is 795. The number of rotatable bonds is 7. The molecule has 0 bridgehead atoms. The average Bonchev–Trinajstić information content (AvgIpc) is 2.76. The van der Waals surface area contributed by atoms with Crippen molar-refractivity contribution in [3.63, 3.8) is 0 Å². The first-order valence-corrected chi connectivity index (χ1v) is 10.5. The maximum Gasteiger partial charge on any atom is 0.191 e. The number of benzene rings is 2. The Morgan fingerprint density at radius 1 is 1.17 bits per heavy atom. The Labute approximate surface area is 201 Å². The van der Waals surface area contributed by atoms with Crippen molar-refractivity contribution in [1.29, 1.82) is 0 Å². The summed E-state index contributed by atoms with van der Waals surface area (Å²) in [5.41, 5.74) is 3.54. The molecule has 0 aromatic heterocycles. The van der Waals surface area contributed by atoms with Crippen LogP contribution in [0.15, 0.2) is 53.5 Å². The summed E-state index contributed by atoms with van der Waals surface area (Å²) in [4.78, 5) is 4.34. The van der Waals surface area contributed by atoms with Gasteiger partial charge in [0.05, 0.1) is 18.8 Å². The molecule has 5 nitrogen and oxygen atoms in total. The lowest BCUT2D eigenvalue weighted by molar-refractivity contribution is -0.0390. The Hall–Kier alpha value is -1.35. The molecule has 3 rings (SSSR count). The van der Waals surface area contributed by atoms with Crippen LogP contribution < -0.4 is 10.6 Å². The van der Waals surface area contributed by atoms with Gasteiger partial charge in [0.25, 0.3) is 0 Å². The Kier molecular flexibility index (Phi) is 10.9. The van der Waals surface area contributed by atoms with Crippen LogP contribution in [0.3, 0.4) is 0 Å². The molecule has 1 aliphatic rings. The van der Waals surface area contributed by atoms with Crippen molar-refractivity contribution in [2.45, 2.75) is 45.1 Å². The standard InChI is InChI=1S/C23H30ClN3O2.HI/c1-17(20-6-8-21(24)9-7-20)27-23(25-2)26-15-18-4-3-5-19(14-18)16-29-22-10-12-28-13-11-22;/h3-9,14,17,22H,10-13,15-16H2,1-2H3,(H2,25,26,27);1H. The quantitative estimate of drug-likeness (QED) is 0.291. The van der Waals surface area contributed by atoms with Crippen LogP contribution >= 0.6 is 35.6 Å². The van der Waals surface area contributed by atoms with Crippen LogP contribution in [0.5, 0.6) is 0 Å². The van der Waals surface area contributed by atoms with Crippen molar-refractivity contribution >= 4 is 41.5 Å². The van der Waals surface area contributed by atoms with Crippen molar-refractivity contribution < 1.29 is 9.47 Å². The summed E-state index contributed by atoms with van der Waals surface area (Å²) in [6.07, 6.45) is 2.27. The fraction of sp³-hybridized carbons (Fsp3) is 0.435. The average molecular weight is 544 g/mol. The van der Waals surface area contributed by atoms with Gasteiger partial charge in [-0.1, -0.05) is 48.0 Å². The lowest BCUT2D eigenvalue weighted by Crippen LogP contribution is -2.38. The van der Waals surface area contributed by atoms with Gasteiger partial charge in [-0.2, -0.15) is 0 Å². The first-order valence-electron chi connectivity index (χ1n) is 10.1. The van der Waals surface area contributed by atoms with Gasteiger partial charge in [0.2, 0.25) is 0 Å². The molecule has 1 unspecified atom stereocenters. The number of hydrogen-bond donors (Lipinski definition) is 2. The highest BCUT2D eigenvalue weighted by molar-refractivity contribution is 14.0. The molecule has 1 saturated heterocycles. The SMILES string of the molecule is CN=C(NCc1cccc(COC2CCOCC2)c1)NC(C)c1ccc(Cl)cc1.I. The van der Waals surface area contributed by atoms with E-state index in [-0.39, 0.29) is 30.0 Å². The summed E-state index contributed by atoms with van der Waals surface area (Å²) in [5, 5.41) is 7.54. The summed E-state index contributed by atoms with van der Waals surface area (Å²) < 4.78 is 11.4. The third-order valence-corrected chi connectivity index (χ3v) is 5.30. The largest absolute Gasteiger partial charge is 0.381 e. The Morgan fingerprint density at radius 3 is 2.57 bits per heavy atom. The zero-order valence-electron chi connectivity index (χ0n) is 17.6. The van der Waals surface area contributed by atoms with E-state index in [0.29, 0.717) is 19.3 Å². The zero-order valence-corrected chi connectivity index (χ0v) is 20.7. The molecular formula is C23H31ClIN3O2. The molecule has 0 amide bonds. The summed E-state index contributed by atoms with van der Waals surface area (Å²) in [6, 6.07) is 16.5. The molecule has 164 valence electrons. The topological polar surface area (TPSA) is 54.9 Å². The summed E-state index contributed by atoms with van der Waals surface area (Å²) in [7, 11) is 1.78. The normalized spacial score (nSPS) is 15.9. The smallest absolute Gasteiger partial charge is 0.191 e. The highest BCUT2D eigenvalue weighted by Crippen LogP contribution is 2.16. The van der Waals surface area contributed by atoms with Crippen molar-refractivity contribution in [1.82, 2.24) is 10.6 Å². The van der Waals surface area contributed by atoms with Gasteiger partial charge in [-0.15, -0.1) is 24.0 Å². The minimum Gasteiger partial charge on any atom is -0.381 e. The molecule has 1 heterocycles.